The van der Waals surface area contributed by atoms with E-state index in [1.54, 1.807) is 4.90 Å². The highest BCUT2D eigenvalue weighted by Gasteiger charge is 2.37. The summed E-state index contributed by atoms with van der Waals surface area (Å²) < 4.78 is 0.939. The molecular weight excluding hydrogens is 328 g/mol. The zero-order chi connectivity index (χ0) is 13.4. The molecule has 1 atom stereocenters. The summed E-state index contributed by atoms with van der Waals surface area (Å²) >= 11 is 4.78. The summed E-state index contributed by atoms with van der Waals surface area (Å²) in [5, 5.41) is 3.00. The second kappa shape index (κ2) is 5.25. The zero-order valence-electron chi connectivity index (χ0n) is 10.4. The van der Waals surface area contributed by atoms with Gasteiger partial charge < -0.3 is 10.2 Å². The van der Waals surface area contributed by atoms with Crippen LogP contribution in [-0.2, 0) is 4.79 Å². The molecule has 3 rings (SSSR count). The molecule has 2 fully saturated rings. The SMILES string of the molecule is O=C(NC1CC1)C1CCCN1C(=O)c1ccc(Br)s1. The summed E-state index contributed by atoms with van der Waals surface area (Å²) in [5.41, 5.74) is 0. The third-order valence-corrected chi connectivity index (χ3v) is 5.14. The second-order valence-electron chi connectivity index (χ2n) is 5.04. The highest BCUT2D eigenvalue weighted by atomic mass is 79.9. The first-order valence-electron chi connectivity index (χ1n) is 6.52. The quantitative estimate of drug-likeness (QED) is 0.916. The number of likely N-dealkylation sites (tertiary alicyclic amines) is 1. The fourth-order valence-electron chi connectivity index (χ4n) is 2.38. The molecule has 4 nitrogen and oxygen atoms in total. The van der Waals surface area contributed by atoms with Crippen molar-refractivity contribution in [3.63, 3.8) is 0 Å². The van der Waals surface area contributed by atoms with Crippen molar-refractivity contribution < 1.29 is 9.59 Å². The first-order valence-corrected chi connectivity index (χ1v) is 8.13. The lowest BCUT2D eigenvalue weighted by Gasteiger charge is -2.23. The summed E-state index contributed by atoms with van der Waals surface area (Å²) in [7, 11) is 0. The van der Waals surface area contributed by atoms with E-state index in [0.717, 1.165) is 29.5 Å². The number of carbonyl (C=O) groups excluding carboxylic acids is 2. The molecule has 102 valence electrons. The van der Waals surface area contributed by atoms with Crippen molar-refractivity contribution in [2.24, 2.45) is 0 Å². The van der Waals surface area contributed by atoms with Crippen molar-refractivity contribution in [1.82, 2.24) is 10.2 Å². The second-order valence-corrected chi connectivity index (χ2v) is 7.51. The van der Waals surface area contributed by atoms with Gasteiger partial charge in [0.2, 0.25) is 5.91 Å². The van der Waals surface area contributed by atoms with Gasteiger partial charge in [-0.15, -0.1) is 11.3 Å². The average molecular weight is 343 g/mol. The smallest absolute Gasteiger partial charge is 0.264 e. The van der Waals surface area contributed by atoms with Gasteiger partial charge in [-0.1, -0.05) is 0 Å². The van der Waals surface area contributed by atoms with Crippen LogP contribution in [0.1, 0.15) is 35.4 Å². The van der Waals surface area contributed by atoms with E-state index >= 15 is 0 Å². The molecule has 1 aliphatic heterocycles. The highest BCUT2D eigenvalue weighted by Crippen LogP contribution is 2.27. The van der Waals surface area contributed by atoms with Crippen molar-refractivity contribution >= 4 is 39.1 Å². The molecule has 1 N–H and O–H groups in total. The minimum atomic E-state index is -0.283. The number of hydrogen-bond acceptors (Lipinski definition) is 3. The number of halogens is 1. The van der Waals surface area contributed by atoms with E-state index in [1.807, 2.05) is 12.1 Å². The van der Waals surface area contributed by atoms with E-state index in [4.69, 9.17) is 0 Å². The topological polar surface area (TPSA) is 49.4 Å². The largest absolute Gasteiger partial charge is 0.352 e. The van der Waals surface area contributed by atoms with Crippen molar-refractivity contribution in [3.05, 3.63) is 20.8 Å². The maximum Gasteiger partial charge on any atom is 0.264 e. The van der Waals surface area contributed by atoms with Gasteiger partial charge in [0.1, 0.15) is 6.04 Å². The number of amides is 2. The Morgan fingerprint density at radius 2 is 2.11 bits per heavy atom. The number of thiophene rings is 1. The Hall–Kier alpha value is -0.880. The summed E-state index contributed by atoms with van der Waals surface area (Å²) in [6, 6.07) is 3.74. The van der Waals surface area contributed by atoms with E-state index in [2.05, 4.69) is 21.2 Å². The number of nitrogens with zero attached hydrogens (tertiary/aromatic N) is 1. The Kier molecular flexibility index (Phi) is 3.62. The van der Waals surface area contributed by atoms with Crippen LogP contribution in [0.15, 0.2) is 15.9 Å². The van der Waals surface area contributed by atoms with Crippen LogP contribution in [0.5, 0.6) is 0 Å². The predicted octanol–water partition coefficient (Wildman–Crippen LogP) is 2.39. The lowest BCUT2D eigenvalue weighted by molar-refractivity contribution is -0.125. The normalized spacial score (nSPS) is 22.6. The van der Waals surface area contributed by atoms with Crippen LogP contribution in [0.4, 0.5) is 0 Å². The minimum Gasteiger partial charge on any atom is -0.352 e. The summed E-state index contributed by atoms with van der Waals surface area (Å²) in [6.07, 6.45) is 3.83. The maximum atomic E-state index is 12.4. The van der Waals surface area contributed by atoms with Crippen molar-refractivity contribution in [2.75, 3.05) is 6.54 Å². The van der Waals surface area contributed by atoms with Crippen molar-refractivity contribution in [1.29, 1.82) is 0 Å². The fraction of sp³-hybridized carbons (Fsp3) is 0.538. The molecule has 1 aliphatic carbocycles. The average Bonchev–Trinajstić information content (AvgIpc) is 2.92. The monoisotopic (exact) mass is 342 g/mol. The molecule has 2 amide bonds. The van der Waals surface area contributed by atoms with Gasteiger partial charge in [0.25, 0.3) is 5.91 Å². The van der Waals surface area contributed by atoms with Gasteiger partial charge in [-0.3, -0.25) is 9.59 Å². The third-order valence-electron chi connectivity index (χ3n) is 3.52. The van der Waals surface area contributed by atoms with Crippen molar-refractivity contribution in [2.45, 2.75) is 37.8 Å². The maximum absolute atomic E-state index is 12.4. The van der Waals surface area contributed by atoms with Gasteiger partial charge in [-0.05, 0) is 53.7 Å². The van der Waals surface area contributed by atoms with Crippen LogP contribution in [0, 0.1) is 0 Å². The molecule has 6 heteroatoms. The van der Waals surface area contributed by atoms with E-state index in [1.165, 1.54) is 11.3 Å². The number of nitrogens with one attached hydrogen (secondary N) is 1. The number of rotatable bonds is 3. The van der Waals surface area contributed by atoms with E-state index in [9.17, 15) is 9.59 Å². The molecule has 1 saturated carbocycles. The first-order chi connectivity index (χ1) is 9.15. The molecule has 1 saturated heterocycles. The molecule has 1 aromatic heterocycles. The number of carbonyl (C=O) groups is 2. The summed E-state index contributed by atoms with van der Waals surface area (Å²) in [6.45, 7) is 0.678. The lowest BCUT2D eigenvalue weighted by atomic mass is 10.2. The van der Waals surface area contributed by atoms with Crippen LogP contribution in [0.3, 0.4) is 0 Å². The molecule has 0 aromatic carbocycles. The van der Waals surface area contributed by atoms with Gasteiger partial charge in [-0.25, -0.2) is 0 Å². The fourth-order valence-corrected chi connectivity index (χ4v) is 3.72. The molecule has 2 heterocycles. The van der Waals surface area contributed by atoms with Gasteiger partial charge in [-0.2, -0.15) is 0 Å². The van der Waals surface area contributed by atoms with E-state index in [0.29, 0.717) is 17.5 Å². The molecule has 0 bridgehead atoms. The Morgan fingerprint density at radius 1 is 1.32 bits per heavy atom. The Labute approximate surface area is 124 Å². The molecule has 1 unspecified atom stereocenters. The molecule has 1 aromatic rings. The van der Waals surface area contributed by atoms with Crippen LogP contribution >= 0.6 is 27.3 Å². The summed E-state index contributed by atoms with van der Waals surface area (Å²) in [4.78, 5) is 27.0. The minimum absolute atomic E-state index is 0.0176. The molecule has 2 aliphatic rings. The van der Waals surface area contributed by atoms with Gasteiger partial charge >= 0.3 is 0 Å². The van der Waals surface area contributed by atoms with Crippen molar-refractivity contribution in [3.8, 4) is 0 Å². The molecular formula is C13H15BrN2O2S. The highest BCUT2D eigenvalue weighted by molar-refractivity contribution is 9.11. The van der Waals surface area contributed by atoms with Gasteiger partial charge in [0.05, 0.1) is 8.66 Å². The Bertz CT molecular complexity index is 512. The van der Waals surface area contributed by atoms with E-state index in [-0.39, 0.29) is 17.9 Å². The molecule has 0 radical (unpaired) electrons. The summed E-state index contributed by atoms with van der Waals surface area (Å²) in [5.74, 6) is -0.00637. The standard InChI is InChI=1S/C13H15BrN2O2S/c14-11-6-5-10(19-11)13(18)16-7-1-2-9(16)12(17)15-8-3-4-8/h5-6,8-9H,1-4,7H2,(H,15,17). The lowest BCUT2D eigenvalue weighted by Crippen LogP contribution is -2.46. The van der Waals surface area contributed by atoms with E-state index < -0.39 is 0 Å². The van der Waals surface area contributed by atoms with Gasteiger partial charge in [0, 0.05) is 12.6 Å². The molecule has 0 spiro atoms. The van der Waals surface area contributed by atoms with Crippen LogP contribution < -0.4 is 5.32 Å². The Morgan fingerprint density at radius 3 is 2.74 bits per heavy atom. The van der Waals surface area contributed by atoms with Crippen LogP contribution in [0.25, 0.3) is 0 Å². The predicted molar refractivity (Wildman–Crippen MR) is 77.2 cm³/mol. The first kappa shape index (κ1) is 13.1. The van der Waals surface area contributed by atoms with Crippen LogP contribution in [0.2, 0.25) is 0 Å². The zero-order valence-corrected chi connectivity index (χ0v) is 12.8. The van der Waals surface area contributed by atoms with Crippen LogP contribution in [-0.4, -0.2) is 35.3 Å². The van der Waals surface area contributed by atoms with Gasteiger partial charge in [0.15, 0.2) is 0 Å². The molecule has 19 heavy (non-hydrogen) atoms. The number of hydrogen-bond donors (Lipinski definition) is 1. The third kappa shape index (κ3) is 2.84. The Balaban J connectivity index is 1.71.